The molecule has 77 heavy (non-hydrogen) atoms. The highest BCUT2D eigenvalue weighted by Gasteiger charge is 2.19. The van der Waals surface area contributed by atoms with Crippen molar-refractivity contribution in [2.45, 2.75) is 232 Å². The molecule has 6 nitrogen and oxygen atoms in total. The van der Waals surface area contributed by atoms with Crippen LogP contribution in [0.2, 0.25) is 0 Å². The van der Waals surface area contributed by atoms with E-state index in [-0.39, 0.29) is 38.0 Å². The summed E-state index contributed by atoms with van der Waals surface area (Å²) in [5.41, 5.74) is 0. The molecule has 0 saturated carbocycles. The molecule has 1 atom stereocenters. The fraction of sp³-hybridized carbons (Fsp3) is 0.535. The summed E-state index contributed by atoms with van der Waals surface area (Å²) in [5.74, 6) is -1.10. The first-order chi connectivity index (χ1) is 38.0. The molecule has 0 rings (SSSR count). The van der Waals surface area contributed by atoms with E-state index in [2.05, 4.69) is 191 Å². The summed E-state index contributed by atoms with van der Waals surface area (Å²) in [6.07, 6.45) is 94.8. The van der Waals surface area contributed by atoms with Gasteiger partial charge in [-0.1, -0.05) is 254 Å². The summed E-state index contributed by atoms with van der Waals surface area (Å²) in [6.45, 7) is 6.17. The standard InChI is InChI=1S/C71H108O6/c1-4-7-10-13-16-19-22-25-28-30-31-32-33-34-35-36-37-38-39-41-43-46-49-52-55-58-61-64-70(73)76-67-68(66-75-69(72)63-60-57-54-51-48-45-42-27-24-21-18-15-12-9-6-3)77-71(74)65-62-59-56-53-50-47-44-40-29-26-23-20-17-14-11-8-5-2/h7-12,16-21,25-29,31-32,34-35,37-38,41-43,48,51,57,60,68H,4-6,13-15,22-24,30,33,36,39-40,44-47,49-50,52-56,58-59,61-67H2,1-3H3/b10-7-,11-8-,12-9-,19-16-,20-17-,21-18-,28-25-,29-26-,32-31-,35-34-,38-37-,42-27-,43-41-,51-48-,60-57-. The molecule has 0 N–H and O–H groups in total. The number of esters is 3. The van der Waals surface area contributed by atoms with E-state index in [1.54, 1.807) is 6.08 Å². The number of unbranched alkanes of at least 4 members (excludes halogenated alkanes) is 12. The number of allylic oxidation sites excluding steroid dienone is 29. The number of ether oxygens (including phenoxy) is 3. The maximum absolute atomic E-state index is 12.9. The molecule has 0 radical (unpaired) electrons. The number of carbonyl (C=O) groups is 3. The largest absolute Gasteiger partial charge is 0.462 e. The van der Waals surface area contributed by atoms with Crippen molar-refractivity contribution in [1.82, 2.24) is 0 Å². The SMILES string of the molecule is CC/C=C\C/C=C\C/C=C\C/C=C\C/C=C\C/C=C\C/C=C\CCCCCCCC(=O)OCC(COC(=O)C/C=C\C/C=C\C/C=C\C/C=C\C/C=C\CC)OC(=O)CCCCCCCCC/C=C\C/C=C\C/C=C\CC. The number of carbonyl (C=O) groups excluding carboxylic acids is 3. The Labute approximate surface area is 472 Å². The Balaban J connectivity index is 4.52. The first-order valence-electron chi connectivity index (χ1n) is 30.3. The molecule has 0 aliphatic carbocycles. The molecule has 0 aliphatic rings. The third-order valence-corrected chi connectivity index (χ3v) is 11.9. The number of hydrogen-bond acceptors (Lipinski definition) is 6. The van der Waals surface area contributed by atoms with E-state index in [4.69, 9.17) is 14.2 Å². The van der Waals surface area contributed by atoms with Gasteiger partial charge in [0.25, 0.3) is 0 Å². The van der Waals surface area contributed by atoms with Gasteiger partial charge in [0.2, 0.25) is 0 Å². The second kappa shape index (κ2) is 63.0. The van der Waals surface area contributed by atoms with Gasteiger partial charge in [0.15, 0.2) is 6.10 Å². The van der Waals surface area contributed by atoms with Gasteiger partial charge >= 0.3 is 17.9 Å². The Morgan fingerprint density at radius 3 is 0.844 bits per heavy atom. The predicted octanol–water partition coefficient (Wildman–Crippen LogP) is 20.9. The maximum Gasteiger partial charge on any atom is 0.309 e. The van der Waals surface area contributed by atoms with Gasteiger partial charge in [-0.05, 0) is 135 Å². The fourth-order valence-electron chi connectivity index (χ4n) is 7.51. The molecule has 428 valence electrons. The van der Waals surface area contributed by atoms with Gasteiger partial charge in [-0.25, -0.2) is 0 Å². The van der Waals surface area contributed by atoms with Crippen LogP contribution in [0.5, 0.6) is 0 Å². The van der Waals surface area contributed by atoms with Crippen LogP contribution in [-0.2, 0) is 28.6 Å². The third kappa shape index (κ3) is 61.2. The van der Waals surface area contributed by atoms with Crippen LogP contribution in [0.4, 0.5) is 0 Å². The van der Waals surface area contributed by atoms with E-state index >= 15 is 0 Å². The lowest BCUT2D eigenvalue weighted by atomic mass is 10.1. The van der Waals surface area contributed by atoms with Crippen LogP contribution in [0, 0.1) is 0 Å². The van der Waals surface area contributed by atoms with E-state index in [1.807, 2.05) is 6.08 Å². The van der Waals surface area contributed by atoms with E-state index < -0.39 is 12.1 Å². The van der Waals surface area contributed by atoms with Crippen LogP contribution in [0.1, 0.15) is 226 Å². The normalized spacial score (nSPS) is 13.4. The van der Waals surface area contributed by atoms with Crippen LogP contribution in [-0.4, -0.2) is 37.2 Å². The van der Waals surface area contributed by atoms with E-state index in [9.17, 15) is 14.4 Å². The monoisotopic (exact) mass is 1060 g/mol. The van der Waals surface area contributed by atoms with Crippen molar-refractivity contribution in [3.8, 4) is 0 Å². The predicted molar refractivity (Wildman–Crippen MR) is 334 cm³/mol. The van der Waals surface area contributed by atoms with Gasteiger partial charge in [0.1, 0.15) is 13.2 Å². The van der Waals surface area contributed by atoms with Gasteiger partial charge in [-0.15, -0.1) is 0 Å². The Kier molecular flexibility index (Phi) is 58.6. The third-order valence-electron chi connectivity index (χ3n) is 11.9. The Bertz CT molecular complexity index is 1840. The summed E-state index contributed by atoms with van der Waals surface area (Å²) in [7, 11) is 0. The van der Waals surface area contributed by atoms with Crippen LogP contribution in [0.15, 0.2) is 182 Å². The highest BCUT2D eigenvalue weighted by Crippen LogP contribution is 2.13. The Morgan fingerprint density at radius 2 is 0.519 bits per heavy atom. The average Bonchev–Trinajstić information content (AvgIpc) is 3.43. The minimum atomic E-state index is -0.843. The lowest BCUT2D eigenvalue weighted by molar-refractivity contribution is -0.166. The van der Waals surface area contributed by atoms with Gasteiger partial charge in [0.05, 0.1) is 6.42 Å². The smallest absolute Gasteiger partial charge is 0.309 e. The molecule has 1 unspecified atom stereocenters. The van der Waals surface area contributed by atoms with Gasteiger partial charge in [-0.3, -0.25) is 14.4 Å². The lowest BCUT2D eigenvalue weighted by Gasteiger charge is -2.18. The average molecular weight is 1060 g/mol. The first kappa shape index (κ1) is 71.5. The Hall–Kier alpha value is -5.49. The molecule has 0 bridgehead atoms. The second-order valence-electron chi connectivity index (χ2n) is 19.1. The molecule has 0 fully saturated rings. The van der Waals surface area contributed by atoms with Gasteiger partial charge in [-0.2, -0.15) is 0 Å². The molecule has 6 heteroatoms. The van der Waals surface area contributed by atoms with Crippen LogP contribution < -0.4 is 0 Å². The van der Waals surface area contributed by atoms with Crippen molar-refractivity contribution in [1.29, 1.82) is 0 Å². The van der Waals surface area contributed by atoms with Gasteiger partial charge < -0.3 is 14.2 Å². The fourth-order valence-corrected chi connectivity index (χ4v) is 7.51. The van der Waals surface area contributed by atoms with Crippen LogP contribution in [0.25, 0.3) is 0 Å². The highest BCUT2D eigenvalue weighted by molar-refractivity contribution is 5.72. The minimum Gasteiger partial charge on any atom is -0.462 e. The summed E-state index contributed by atoms with van der Waals surface area (Å²) < 4.78 is 16.8. The van der Waals surface area contributed by atoms with Crippen molar-refractivity contribution in [2.24, 2.45) is 0 Å². The topological polar surface area (TPSA) is 78.9 Å². The summed E-state index contributed by atoms with van der Waals surface area (Å²) in [6, 6.07) is 0. The highest BCUT2D eigenvalue weighted by atomic mass is 16.6. The lowest BCUT2D eigenvalue weighted by Crippen LogP contribution is -2.30. The van der Waals surface area contributed by atoms with E-state index in [0.717, 1.165) is 167 Å². The molecule has 0 aromatic heterocycles. The van der Waals surface area contributed by atoms with Crippen molar-refractivity contribution < 1.29 is 28.6 Å². The molecular formula is C71H108O6. The van der Waals surface area contributed by atoms with Gasteiger partial charge in [0, 0.05) is 12.8 Å². The van der Waals surface area contributed by atoms with E-state index in [0.29, 0.717) is 6.42 Å². The summed E-state index contributed by atoms with van der Waals surface area (Å²) in [5, 5.41) is 0. The first-order valence-corrected chi connectivity index (χ1v) is 30.3. The zero-order chi connectivity index (χ0) is 55.7. The molecular weight excluding hydrogens is 949 g/mol. The van der Waals surface area contributed by atoms with E-state index in [1.165, 1.54) is 19.3 Å². The quantitative estimate of drug-likeness (QED) is 0.0261. The van der Waals surface area contributed by atoms with Crippen molar-refractivity contribution in [2.75, 3.05) is 13.2 Å². The summed E-state index contributed by atoms with van der Waals surface area (Å²) in [4.78, 5) is 38.2. The second-order valence-corrected chi connectivity index (χ2v) is 19.1. The van der Waals surface area contributed by atoms with Crippen LogP contribution in [0.3, 0.4) is 0 Å². The van der Waals surface area contributed by atoms with Crippen molar-refractivity contribution in [3.63, 3.8) is 0 Å². The number of rotatable bonds is 52. The zero-order valence-electron chi connectivity index (χ0n) is 48.9. The minimum absolute atomic E-state index is 0.111. The van der Waals surface area contributed by atoms with Crippen LogP contribution >= 0.6 is 0 Å². The molecule has 0 aromatic carbocycles. The Morgan fingerprint density at radius 1 is 0.273 bits per heavy atom. The molecule has 0 spiro atoms. The zero-order valence-corrected chi connectivity index (χ0v) is 48.9. The van der Waals surface area contributed by atoms with Crippen molar-refractivity contribution in [3.05, 3.63) is 182 Å². The van der Waals surface area contributed by atoms with Crippen molar-refractivity contribution >= 4 is 17.9 Å². The summed E-state index contributed by atoms with van der Waals surface area (Å²) >= 11 is 0. The molecule has 0 saturated heterocycles. The molecule has 0 amide bonds. The maximum atomic E-state index is 12.9. The molecule has 0 heterocycles. The molecule has 0 aliphatic heterocycles. The number of hydrogen-bond donors (Lipinski definition) is 0. The molecule has 0 aromatic rings.